The van der Waals surface area contributed by atoms with Crippen molar-refractivity contribution < 1.29 is 19.4 Å². The van der Waals surface area contributed by atoms with Gasteiger partial charge >= 0.3 is 0 Å². The van der Waals surface area contributed by atoms with Crippen molar-refractivity contribution in [3.05, 3.63) is 69.6 Å². The predicted molar refractivity (Wildman–Crippen MR) is 108 cm³/mol. The number of carbonyl (C=O) groups excluding carboxylic acids is 1. The van der Waals surface area contributed by atoms with E-state index < -0.39 is 6.29 Å². The highest BCUT2D eigenvalue weighted by Crippen LogP contribution is 2.33. The van der Waals surface area contributed by atoms with Crippen LogP contribution in [0, 0.1) is 5.92 Å². The third kappa shape index (κ3) is 5.01. The first-order valence-electron chi connectivity index (χ1n) is 9.70. The van der Waals surface area contributed by atoms with E-state index in [4.69, 9.17) is 14.6 Å². The lowest BCUT2D eigenvalue weighted by atomic mass is 9.95. The van der Waals surface area contributed by atoms with E-state index in [2.05, 4.69) is 16.8 Å². The molecule has 2 heterocycles. The van der Waals surface area contributed by atoms with Crippen LogP contribution in [0.3, 0.4) is 0 Å². The molecule has 1 aromatic carbocycles. The van der Waals surface area contributed by atoms with Crippen molar-refractivity contribution >= 4 is 17.2 Å². The number of allylic oxidation sites excluding steroid dienone is 1. The third-order valence-electron chi connectivity index (χ3n) is 5.14. The molecule has 1 fully saturated rings. The van der Waals surface area contributed by atoms with Gasteiger partial charge in [0.05, 0.1) is 13.2 Å². The average Bonchev–Trinajstić information content (AvgIpc) is 3.41. The molecule has 0 spiro atoms. The predicted octanol–water partition coefficient (Wildman–Crippen LogP) is 3.70. The van der Waals surface area contributed by atoms with Gasteiger partial charge in [-0.25, -0.2) is 0 Å². The van der Waals surface area contributed by atoms with E-state index in [9.17, 15) is 4.79 Å². The molecule has 0 unspecified atom stereocenters. The van der Waals surface area contributed by atoms with E-state index in [-0.39, 0.29) is 18.4 Å². The molecule has 1 aliphatic heterocycles. The molecule has 2 N–H and O–H groups in total. The number of hydrogen-bond donors (Lipinski definition) is 2. The Labute approximate surface area is 169 Å². The van der Waals surface area contributed by atoms with Crippen LogP contribution < -0.4 is 5.32 Å². The lowest BCUT2D eigenvalue weighted by Crippen LogP contribution is -2.33. The van der Waals surface area contributed by atoms with Crippen molar-refractivity contribution in [2.75, 3.05) is 6.54 Å². The minimum atomic E-state index is -0.478. The molecule has 0 saturated heterocycles. The summed E-state index contributed by atoms with van der Waals surface area (Å²) in [6.07, 6.45) is 4.50. The normalized spacial score (nSPS) is 21.7. The van der Waals surface area contributed by atoms with Crippen molar-refractivity contribution in [3.8, 4) is 0 Å². The molecular formula is C22H25NO4S. The van der Waals surface area contributed by atoms with Crippen LogP contribution in [-0.2, 0) is 27.5 Å². The summed E-state index contributed by atoms with van der Waals surface area (Å²) >= 11 is 1.65. The molecule has 0 radical (unpaired) electrons. The van der Waals surface area contributed by atoms with Gasteiger partial charge in [-0.1, -0.05) is 24.3 Å². The first kappa shape index (κ1) is 19.2. The van der Waals surface area contributed by atoms with Crippen LogP contribution in [0.2, 0.25) is 0 Å². The van der Waals surface area contributed by atoms with Crippen LogP contribution in [0.25, 0.3) is 0 Å². The van der Waals surface area contributed by atoms with Gasteiger partial charge in [-0.2, -0.15) is 11.3 Å². The lowest BCUT2D eigenvalue weighted by molar-refractivity contribution is -0.150. The van der Waals surface area contributed by atoms with E-state index in [0.29, 0.717) is 31.2 Å². The average molecular weight is 400 g/mol. The second-order valence-electron chi connectivity index (χ2n) is 7.42. The van der Waals surface area contributed by atoms with Gasteiger partial charge in [0, 0.05) is 18.9 Å². The molecule has 1 aliphatic carbocycles. The molecular weight excluding hydrogens is 374 g/mol. The first-order valence-corrected chi connectivity index (χ1v) is 10.6. The summed E-state index contributed by atoms with van der Waals surface area (Å²) in [4.78, 5) is 12.6. The zero-order chi connectivity index (χ0) is 19.3. The van der Waals surface area contributed by atoms with E-state index >= 15 is 0 Å². The zero-order valence-electron chi connectivity index (χ0n) is 15.7. The summed E-state index contributed by atoms with van der Waals surface area (Å²) in [6.45, 7) is 1.13. The number of hydrogen-bond acceptors (Lipinski definition) is 5. The number of benzene rings is 1. The van der Waals surface area contributed by atoms with E-state index in [1.807, 2.05) is 35.7 Å². The molecule has 6 heteroatoms. The molecule has 1 saturated carbocycles. The standard InChI is InChI=1S/C22H25NO4S/c24-12-16-3-5-17(6-4-16)13-26-21-10-19(18-7-8-28-14-18)9-20(27-21)22(25)23-11-15-1-2-15/h3-9,14-15,19,21,24H,1-2,10-13H2,(H,23,25)/t19-,21+/m1/s1. The van der Waals surface area contributed by atoms with Crippen molar-refractivity contribution in [2.45, 2.75) is 44.7 Å². The Morgan fingerprint density at radius 2 is 2.00 bits per heavy atom. The summed E-state index contributed by atoms with van der Waals surface area (Å²) in [7, 11) is 0. The molecule has 2 aromatic rings. The number of carbonyl (C=O) groups is 1. The van der Waals surface area contributed by atoms with Gasteiger partial charge in [-0.15, -0.1) is 0 Å². The lowest BCUT2D eigenvalue weighted by Gasteiger charge is -2.29. The monoisotopic (exact) mass is 399 g/mol. The number of amides is 1. The summed E-state index contributed by atoms with van der Waals surface area (Å²) < 4.78 is 11.9. The number of aliphatic hydroxyl groups excluding tert-OH is 1. The van der Waals surface area contributed by atoms with Gasteiger partial charge in [0.2, 0.25) is 6.29 Å². The van der Waals surface area contributed by atoms with E-state index in [1.165, 1.54) is 18.4 Å². The quantitative estimate of drug-likeness (QED) is 0.710. The van der Waals surface area contributed by atoms with Gasteiger partial charge in [0.1, 0.15) is 0 Å². The van der Waals surface area contributed by atoms with Crippen LogP contribution >= 0.6 is 11.3 Å². The highest BCUT2D eigenvalue weighted by atomic mass is 32.1. The number of aliphatic hydroxyl groups is 1. The zero-order valence-corrected chi connectivity index (χ0v) is 16.5. The number of ether oxygens (including phenoxy) is 2. The summed E-state index contributed by atoms with van der Waals surface area (Å²) in [5, 5.41) is 16.3. The number of rotatable bonds is 8. The second kappa shape index (κ2) is 8.90. The minimum absolute atomic E-state index is 0.0271. The van der Waals surface area contributed by atoms with Crippen molar-refractivity contribution in [1.82, 2.24) is 5.32 Å². The largest absolute Gasteiger partial charge is 0.459 e. The summed E-state index contributed by atoms with van der Waals surface area (Å²) in [5.41, 5.74) is 3.05. The maximum Gasteiger partial charge on any atom is 0.286 e. The van der Waals surface area contributed by atoms with Crippen LogP contribution in [0.4, 0.5) is 0 Å². The fourth-order valence-electron chi connectivity index (χ4n) is 3.21. The molecule has 2 atom stereocenters. The highest BCUT2D eigenvalue weighted by molar-refractivity contribution is 7.08. The molecule has 148 valence electrons. The Balaban J connectivity index is 1.41. The van der Waals surface area contributed by atoms with Gasteiger partial charge in [0.25, 0.3) is 5.91 Å². The smallest absolute Gasteiger partial charge is 0.286 e. The maximum absolute atomic E-state index is 12.6. The minimum Gasteiger partial charge on any atom is -0.459 e. The van der Waals surface area contributed by atoms with Crippen LogP contribution in [-0.4, -0.2) is 23.8 Å². The molecule has 28 heavy (non-hydrogen) atoms. The van der Waals surface area contributed by atoms with E-state index in [0.717, 1.165) is 11.1 Å². The van der Waals surface area contributed by atoms with Crippen molar-refractivity contribution in [1.29, 1.82) is 0 Å². The number of nitrogens with one attached hydrogen (secondary N) is 1. The summed E-state index contributed by atoms with van der Waals surface area (Å²) in [5.74, 6) is 0.912. The van der Waals surface area contributed by atoms with Crippen LogP contribution in [0.1, 0.15) is 41.9 Å². The molecule has 5 nitrogen and oxygen atoms in total. The molecule has 1 aromatic heterocycles. The van der Waals surface area contributed by atoms with Gasteiger partial charge < -0.3 is 19.9 Å². The molecule has 0 bridgehead atoms. The van der Waals surface area contributed by atoms with Crippen molar-refractivity contribution in [2.24, 2.45) is 5.92 Å². The topological polar surface area (TPSA) is 67.8 Å². The summed E-state index contributed by atoms with van der Waals surface area (Å²) in [6, 6.07) is 9.71. The van der Waals surface area contributed by atoms with Gasteiger partial charge in [-0.05, 0) is 58.4 Å². The first-order chi connectivity index (χ1) is 13.7. The Kier molecular flexibility index (Phi) is 6.10. The Morgan fingerprint density at radius 1 is 1.21 bits per heavy atom. The van der Waals surface area contributed by atoms with E-state index in [1.54, 1.807) is 11.3 Å². The highest BCUT2D eigenvalue weighted by Gasteiger charge is 2.30. The third-order valence-corrected chi connectivity index (χ3v) is 5.84. The van der Waals surface area contributed by atoms with Crippen LogP contribution in [0.15, 0.2) is 52.9 Å². The number of thiophene rings is 1. The van der Waals surface area contributed by atoms with Crippen LogP contribution in [0.5, 0.6) is 0 Å². The fraction of sp³-hybridized carbons (Fsp3) is 0.409. The Morgan fingerprint density at radius 3 is 2.68 bits per heavy atom. The molecule has 1 amide bonds. The molecule has 2 aliphatic rings. The van der Waals surface area contributed by atoms with Crippen molar-refractivity contribution in [3.63, 3.8) is 0 Å². The Hall–Kier alpha value is -2.15. The maximum atomic E-state index is 12.6. The molecule has 4 rings (SSSR count). The Bertz CT molecular complexity index is 812. The second-order valence-corrected chi connectivity index (χ2v) is 8.20. The van der Waals surface area contributed by atoms with Gasteiger partial charge in [-0.3, -0.25) is 4.79 Å². The fourth-order valence-corrected chi connectivity index (χ4v) is 3.94. The SMILES string of the molecule is O=C(NCC1CC1)C1=C[C@@H](c2ccsc2)C[C@@H](OCc2ccc(CO)cc2)O1. The van der Waals surface area contributed by atoms with Gasteiger partial charge in [0.15, 0.2) is 5.76 Å².